The van der Waals surface area contributed by atoms with E-state index in [4.69, 9.17) is 15.2 Å². The van der Waals surface area contributed by atoms with Crippen LogP contribution in [0.15, 0.2) is 12.1 Å². The summed E-state index contributed by atoms with van der Waals surface area (Å²) in [6.07, 6.45) is 1.33. The van der Waals surface area contributed by atoms with Gasteiger partial charge in [0, 0.05) is 19.0 Å². The van der Waals surface area contributed by atoms with Gasteiger partial charge in [-0.25, -0.2) is 0 Å². The minimum atomic E-state index is 0.439. The number of aldehydes is 1. The van der Waals surface area contributed by atoms with Crippen molar-refractivity contribution in [2.75, 3.05) is 20.8 Å². The van der Waals surface area contributed by atoms with Crippen molar-refractivity contribution in [1.82, 2.24) is 0 Å². The Labute approximate surface area is 101 Å². The summed E-state index contributed by atoms with van der Waals surface area (Å²) in [6, 6.07) is 3.30. The van der Waals surface area contributed by atoms with Crippen LogP contribution in [0.3, 0.4) is 0 Å². The van der Waals surface area contributed by atoms with Crippen molar-refractivity contribution in [3.8, 4) is 23.3 Å². The van der Waals surface area contributed by atoms with Crippen LogP contribution in [-0.2, 0) is 0 Å². The van der Waals surface area contributed by atoms with Crippen LogP contribution in [0.4, 0.5) is 0 Å². The highest BCUT2D eigenvalue weighted by Gasteiger charge is 2.08. The topological polar surface area (TPSA) is 61.5 Å². The van der Waals surface area contributed by atoms with E-state index in [1.54, 1.807) is 12.1 Å². The quantitative estimate of drug-likeness (QED) is 0.627. The van der Waals surface area contributed by atoms with Gasteiger partial charge in [0.15, 0.2) is 6.29 Å². The molecule has 0 amide bonds. The third-order valence-corrected chi connectivity index (χ3v) is 2.17. The molecular formula is C13H15NO3. The molecule has 0 aliphatic heterocycles. The van der Waals surface area contributed by atoms with Gasteiger partial charge < -0.3 is 15.2 Å². The van der Waals surface area contributed by atoms with Gasteiger partial charge in [-0.2, -0.15) is 0 Å². The molecule has 2 N–H and O–H groups in total. The zero-order valence-corrected chi connectivity index (χ0v) is 9.95. The molecule has 0 spiro atoms. The lowest BCUT2D eigenvalue weighted by molar-refractivity contribution is 0.112. The summed E-state index contributed by atoms with van der Waals surface area (Å²) < 4.78 is 10.3. The molecule has 1 aromatic rings. The van der Waals surface area contributed by atoms with E-state index < -0.39 is 0 Å². The normalized spacial score (nSPS) is 9.12. The fourth-order valence-electron chi connectivity index (χ4n) is 1.34. The molecule has 0 bridgehead atoms. The van der Waals surface area contributed by atoms with E-state index in [0.717, 1.165) is 6.29 Å². The molecule has 0 aromatic heterocycles. The van der Waals surface area contributed by atoms with Gasteiger partial charge in [0.2, 0.25) is 0 Å². The van der Waals surface area contributed by atoms with Crippen LogP contribution in [0.25, 0.3) is 0 Å². The summed E-state index contributed by atoms with van der Waals surface area (Å²) in [5.41, 5.74) is 6.48. The van der Waals surface area contributed by atoms with Crippen molar-refractivity contribution >= 4 is 6.29 Å². The second-order valence-corrected chi connectivity index (χ2v) is 3.25. The minimum absolute atomic E-state index is 0.439. The Kier molecular flexibility index (Phi) is 5.05. The molecule has 90 valence electrons. The molecule has 1 rings (SSSR count). The number of rotatable bonds is 4. The van der Waals surface area contributed by atoms with Crippen molar-refractivity contribution in [1.29, 1.82) is 0 Å². The maximum Gasteiger partial charge on any atom is 0.153 e. The van der Waals surface area contributed by atoms with Gasteiger partial charge >= 0.3 is 0 Å². The molecule has 17 heavy (non-hydrogen) atoms. The molecule has 0 saturated carbocycles. The Morgan fingerprint density at radius 2 is 2.00 bits per heavy atom. The molecule has 0 aliphatic rings. The molecule has 0 heterocycles. The van der Waals surface area contributed by atoms with Crippen molar-refractivity contribution in [2.24, 2.45) is 5.73 Å². The molecule has 0 aliphatic carbocycles. The summed E-state index contributed by atoms with van der Waals surface area (Å²) in [5, 5.41) is 0. The Bertz CT molecular complexity index is 458. The fraction of sp³-hybridized carbons (Fsp3) is 0.308. The first-order valence-electron chi connectivity index (χ1n) is 5.17. The van der Waals surface area contributed by atoms with Crippen LogP contribution >= 0.6 is 0 Å². The van der Waals surface area contributed by atoms with Gasteiger partial charge in [0.05, 0.1) is 25.3 Å². The Morgan fingerprint density at radius 3 is 2.53 bits per heavy atom. The lowest BCUT2D eigenvalue weighted by Gasteiger charge is -2.08. The highest BCUT2D eigenvalue weighted by Crippen LogP contribution is 2.27. The molecule has 1 aromatic carbocycles. The lowest BCUT2D eigenvalue weighted by atomic mass is 10.1. The maximum absolute atomic E-state index is 10.8. The predicted octanol–water partition coefficient (Wildman–Crippen LogP) is 1.22. The maximum atomic E-state index is 10.8. The molecule has 0 atom stereocenters. The number of benzene rings is 1. The molecule has 0 fully saturated rings. The van der Waals surface area contributed by atoms with Crippen molar-refractivity contribution in [2.45, 2.75) is 6.42 Å². The number of ether oxygens (including phenoxy) is 2. The first-order valence-corrected chi connectivity index (χ1v) is 5.17. The largest absolute Gasteiger partial charge is 0.496 e. The Hall–Kier alpha value is -1.99. The van der Waals surface area contributed by atoms with Crippen molar-refractivity contribution < 1.29 is 14.3 Å². The Balaban J connectivity index is 3.20. The third kappa shape index (κ3) is 3.23. The zero-order chi connectivity index (χ0) is 12.7. The second kappa shape index (κ2) is 6.56. The van der Waals surface area contributed by atoms with Gasteiger partial charge in [-0.1, -0.05) is 11.8 Å². The average Bonchev–Trinajstić information content (AvgIpc) is 2.38. The SMILES string of the molecule is COc1cc(C=O)c(OC)cc1C#CCCN. The summed E-state index contributed by atoms with van der Waals surface area (Å²) in [5.74, 6) is 6.89. The van der Waals surface area contributed by atoms with E-state index >= 15 is 0 Å². The van der Waals surface area contributed by atoms with Crippen LogP contribution < -0.4 is 15.2 Å². The van der Waals surface area contributed by atoms with Gasteiger partial charge in [-0.3, -0.25) is 4.79 Å². The first kappa shape index (κ1) is 13.1. The Morgan fingerprint density at radius 1 is 1.29 bits per heavy atom. The van der Waals surface area contributed by atoms with E-state index in [-0.39, 0.29) is 0 Å². The highest BCUT2D eigenvalue weighted by atomic mass is 16.5. The average molecular weight is 233 g/mol. The van der Waals surface area contributed by atoms with E-state index in [1.807, 2.05) is 0 Å². The van der Waals surface area contributed by atoms with Gasteiger partial charge in [-0.15, -0.1) is 0 Å². The summed E-state index contributed by atoms with van der Waals surface area (Å²) in [6.45, 7) is 0.513. The lowest BCUT2D eigenvalue weighted by Crippen LogP contribution is -1.97. The number of nitrogens with two attached hydrogens (primary N) is 1. The number of carbonyl (C=O) groups is 1. The monoisotopic (exact) mass is 233 g/mol. The van der Waals surface area contributed by atoms with E-state index in [1.165, 1.54) is 14.2 Å². The van der Waals surface area contributed by atoms with Gasteiger partial charge in [0.25, 0.3) is 0 Å². The van der Waals surface area contributed by atoms with Crippen LogP contribution in [0.1, 0.15) is 22.3 Å². The number of carbonyl (C=O) groups excluding carboxylic acids is 1. The van der Waals surface area contributed by atoms with Crippen LogP contribution in [-0.4, -0.2) is 27.1 Å². The predicted molar refractivity (Wildman–Crippen MR) is 65.5 cm³/mol. The first-order chi connectivity index (χ1) is 8.26. The van der Waals surface area contributed by atoms with Gasteiger partial charge in [0.1, 0.15) is 11.5 Å². The number of hydrogen-bond acceptors (Lipinski definition) is 4. The fourth-order valence-corrected chi connectivity index (χ4v) is 1.34. The third-order valence-electron chi connectivity index (χ3n) is 2.17. The summed E-state index contributed by atoms with van der Waals surface area (Å²) in [7, 11) is 3.04. The van der Waals surface area contributed by atoms with Crippen LogP contribution in [0, 0.1) is 11.8 Å². The number of hydrogen-bond donors (Lipinski definition) is 1. The number of methoxy groups -OCH3 is 2. The standard InChI is InChI=1S/C13H15NO3/c1-16-12-8-11(9-15)13(17-2)7-10(12)5-3-4-6-14/h7-9H,4,6,14H2,1-2H3. The molecule has 0 saturated heterocycles. The van der Waals surface area contributed by atoms with E-state index in [2.05, 4.69) is 11.8 Å². The van der Waals surface area contributed by atoms with E-state index in [9.17, 15) is 4.79 Å². The molecule has 4 nitrogen and oxygen atoms in total. The molecule has 0 unspecified atom stereocenters. The van der Waals surface area contributed by atoms with E-state index in [0.29, 0.717) is 35.6 Å². The second-order valence-electron chi connectivity index (χ2n) is 3.25. The zero-order valence-electron chi connectivity index (χ0n) is 9.95. The van der Waals surface area contributed by atoms with Crippen molar-refractivity contribution in [3.05, 3.63) is 23.3 Å². The van der Waals surface area contributed by atoms with Crippen LogP contribution in [0.2, 0.25) is 0 Å². The highest BCUT2D eigenvalue weighted by molar-refractivity contribution is 5.81. The van der Waals surface area contributed by atoms with Crippen molar-refractivity contribution in [3.63, 3.8) is 0 Å². The smallest absolute Gasteiger partial charge is 0.153 e. The summed E-state index contributed by atoms with van der Waals surface area (Å²) >= 11 is 0. The summed E-state index contributed by atoms with van der Waals surface area (Å²) in [4.78, 5) is 10.8. The van der Waals surface area contributed by atoms with Gasteiger partial charge in [-0.05, 0) is 6.07 Å². The molecular weight excluding hydrogens is 218 g/mol. The molecule has 0 radical (unpaired) electrons. The molecule has 4 heteroatoms. The van der Waals surface area contributed by atoms with Crippen LogP contribution in [0.5, 0.6) is 11.5 Å². The minimum Gasteiger partial charge on any atom is -0.496 e.